The predicted molar refractivity (Wildman–Crippen MR) is 93.8 cm³/mol. The van der Waals surface area contributed by atoms with Crippen molar-refractivity contribution in [3.05, 3.63) is 23.3 Å². The van der Waals surface area contributed by atoms with Crippen LogP contribution in [0.4, 0.5) is 5.69 Å². The van der Waals surface area contributed by atoms with Gasteiger partial charge in [0.25, 0.3) is 5.91 Å². The highest BCUT2D eigenvalue weighted by molar-refractivity contribution is 5.97. The number of hydrogen-bond donors (Lipinski definition) is 1. The first-order valence-corrected chi connectivity index (χ1v) is 9.41. The van der Waals surface area contributed by atoms with E-state index in [1.165, 1.54) is 6.42 Å². The zero-order valence-electron chi connectivity index (χ0n) is 14.4. The summed E-state index contributed by atoms with van der Waals surface area (Å²) in [6.07, 6.45) is 4.53. The third kappa shape index (κ3) is 2.50. The summed E-state index contributed by atoms with van der Waals surface area (Å²) in [5.41, 5.74) is 8.36. The average molecular weight is 343 g/mol. The monoisotopic (exact) mass is 343 g/mol. The highest BCUT2D eigenvalue weighted by Crippen LogP contribution is 2.36. The maximum absolute atomic E-state index is 13.0. The summed E-state index contributed by atoms with van der Waals surface area (Å²) >= 11 is 0. The van der Waals surface area contributed by atoms with Gasteiger partial charge in [0.05, 0.1) is 25.0 Å². The molecule has 0 saturated carbocycles. The molecule has 2 N–H and O–H groups in total. The van der Waals surface area contributed by atoms with E-state index in [1.807, 2.05) is 11.0 Å². The predicted octanol–water partition coefficient (Wildman–Crippen LogP) is 1.28. The SMILES string of the molecule is Nc1ccc(C(=O)N2CCC(N3C[C@@H]4C[C@H]3CO4)CC2)c2c1OCC2. The fourth-order valence-corrected chi connectivity index (χ4v) is 4.97. The number of nitrogen functional groups attached to an aromatic ring is 1. The molecule has 4 aliphatic rings. The Labute approximate surface area is 147 Å². The van der Waals surface area contributed by atoms with Crippen LogP contribution in [0, 0.1) is 0 Å². The molecule has 4 aliphatic heterocycles. The molecule has 0 aromatic heterocycles. The van der Waals surface area contributed by atoms with Gasteiger partial charge in [-0.15, -0.1) is 0 Å². The number of hydrogen-bond acceptors (Lipinski definition) is 5. The van der Waals surface area contributed by atoms with Gasteiger partial charge in [-0.25, -0.2) is 0 Å². The van der Waals surface area contributed by atoms with Gasteiger partial charge >= 0.3 is 0 Å². The largest absolute Gasteiger partial charge is 0.491 e. The molecule has 0 spiro atoms. The molecule has 5 rings (SSSR count). The van der Waals surface area contributed by atoms with Gasteiger partial charge in [-0.05, 0) is 31.4 Å². The number of likely N-dealkylation sites (tertiary alicyclic amines) is 2. The Morgan fingerprint density at radius 2 is 2.04 bits per heavy atom. The maximum atomic E-state index is 13.0. The van der Waals surface area contributed by atoms with Crippen molar-refractivity contribution in [1.82, 2.24) is 9.80 Å². The van der Waals surface area contributed by atoms with Gasteiger partial charge in [0, 0.05) is 49.3 Å². The lowest BCUT2D eigenvalue weighted by atomic mass is 9.99. The van der Waals surface area contributed by atoms with Crippen LogP contribution in [0.25, 0.3) is 0 Å². The normalized spacial score (nSPS) is 29.0. The van der Waals surface area contributed by atoms with E-state index in [9.17, 15) is 4.79 Å². The van der Waals surface area contributed by atoms with E-state index in [0.29, 0.717) is 36.2 Å². The standard InChI is InChI=1S/C19H25N3O3/c20-17-2-1-16(15-5-8-24-18(15)17)19(23)21-6-3-12(4-7-21)22-10-14-9-13(22)11-25-14/h1-2,12-14H,3-11,20H2/t13-,14-/m0/s1. The summed E-state index contributed by atoms with van der Waals surface area (Å²) in [5.74, 6) is 0.848. The lowest BCUT2D eigenvalue weighted by molar-refractivity contribution is -0.00235. The van der Waals surface area contributed by atoms with Gasteiger partial charge in [-0.1, -0.05) is 0 Å². The van der Waals surface area contributed by atoms with E-state index in [1.54, 1.807) is 6.07 Å². The Bertz CT molecular complexity index is 699. The van der Waals surface area contributed by atoms with Crippen molar-refractivity contribution in [1.29, 1.82) is 0 Å². The number of fused-ring (bicyclic) bond motifs is 3. The summed E-state index contributed by atoms with van der Waals surface area (Å²) < 4.78 is 11.3. The molecular formula is C19H25N3O3. The Morgan fingerprint density at radius 3 is 2.76 bits per heavy atom. The number of ether oxygens (including phenoxy) is 2. The van der Waals surface area contributed by atoms with Crippen LogP contribution < -0.4 is 10.5 Å². The van der Waals surface area contributed by atoms with Crippen LogP contribution in [0.1, 0.15) is 35.2 Å². The first-order chi connectivity index (χ1) is 12.2. The van der Waals surface area contributed by atoms with Crippen LogP contribution in [0.5, 0.6) is 5.75 Å². The Balaban J connectivity index is 1.27. The molecule has 1 amide bonds. The van der Waals surface area contributed by atoms with Crippen LogP contribution in [0.15, 0.2) is 12.1 Å². The van der Waals surface area contributed by atoms with Crippen LogP contribution >= 0.6 is 0 Å². The molecule has 25 heavy (non-hydrogen) atoms. The molecular weight excluding hydrogens is 318 g/mol. The third-order valence-corrected chi connectivity index (χ3v) is 6.28. The second kappa shape index (κ2) is 5.88. The van der Waals surface area contributed by atoms with E-state index in [-0.39, 0.29) is 5.91 Å². The molecule has 1 aromatic rings. The minimum atomic E-state index is 0.131. The zero-order chi connectivity index (χ0) is 17.0. The van der Waals surface area contributed by atoms with Crippen LogP contribution in [-0.2, 0) is 11.2 Å². The summed E-state index contributed by atoms with van der Waals surface area (Å²) in [5, 5.41) is 0. The number of nitrogens with two attached hydrogens (primary N) is 1. The van der Waals surface area contributed by atoms with Gasteiger partial charge in [0.2, 0.25) is 0 Å². The Hall–Kier alpha value is -1.79. The van der Waals surface area contributed by atoms with E-state index in [0.717, 1.165) is 56.6 Å². The lowest BCUT2D eigenvalue weighted by Gasteiger charge is -2.40. The van der Waals surface area contributed by atoms with Gasteiger partial charge in [0.1, 0.15) is 5.75 Å². The number of carbonyl (C=O) groups excluding carboxylic acids is 1. The molecule has 6 nitrogen and oxygen atoms in total. The first-order valence-electron chi connectivity index (χ1n) is 9.41. The zero-order valence-corrected chi connectivity index (χ0v) is 14.4. The molecule has 0 aliphatic carbocycles. The first kappa shape index (κ1) is 15.5. The quantitative estimate of drug-likeness (QED) is 0.820. The molecule has 6 heteroatoms. The van der Waals surface area contributed by atoms with E-state index >= 15 is 0 Å². The fraction of sp³-hybridized carbons (Fsp3) is 0.632. The Kier molecular flexibility index (Phi) is 3.64. The van der Waals surface area contributed by atoms with E-state index in [4.69, 9.17) is 15.2 Å². The highest BCUT2D eigenvalue weighted by Gasteiger charge is 2.43. The van der Waals surface area contributed by atoms with Crippen molar-refractivity contribution < 1.29 is 14.3 Å². The molecule has 2 bridgehead atoms. The number of rotatable bonds is 2. The minimum Gasteiger partial charge on any atom is -0.491 e. The van der Waals surface area contributed by atoms with E-state index < -0.39 is 0 Å². The number of nitrogens with zero attached hydrogens (tertiary/aromatic N) is 2. The van der Waals surface area contributed by atoms with Gasteiger partial charge < -0.3 is 20.1 Å². The number of carbonyl (C=O) groups is 1. The molecule has 0 unspecified atom stereocenters. The van der Waals surface area contributed by atoms with Crippen molar-refractivity contribution in [2.24, 2.45) is 0 Å². The van der Waals surface area contributed by atoms with Crippen LogP contribution in [-0.4, -0.2) is 66.7 Å². The fourth-order valence-electron chi connectivity index (χ4n) is 4.97. The second-order valence-corrected chi connectivity index (χ2v) is 7.67. The third-order valence-electron chi connectivity index (χ3n) is 6.28. The van der Waals surface area contributed by atoms with Crippen LogP contribution in [0.3, 0.4) is 0 Å². The molecule has 134 valence electrons. The maximum Gasteiger partial charge on any atom is 0.254 e. The summed E-state index contributed by atoms with van der Waals surface area (Å²) in [4.78, 5) is 17.7. The van der Waals surface area contributed by atoms with Gasteiger partial charge in [0.15, 0.2) is 0 Å². The van der Waals surface area contributed by atoms with Crippen molar-refractivity contribution >= 4 is 11.6 Å². The molecule has 0 radical (unpaired) electrons. The molecule has 1 aromatic carbocycles. The molecule has 3 saturated heterocycles. The van der Waals surface area contributed by atoms with Gasteiger partial charge in [-0.3, -0.25) is 9.69 Å². The van der Waals surface area contributed by atoms with Crippen molar-refractivity contribution in [3.8, 4) is 5.75 Å². The number of anilines is 1. The van der Waals surface area contributed by atoms with Crippen molar-refractivity contribution in [2.45, 2.75) is 43.9 Å². The van der Waals surface area contributed by atoms with Crippen LogP contribution in [0.2, 0.25) is 0 Å². The highest BCUT2D eigenvalue weighted by atomic mass is 16.5. The molecule has 2 atom stereocenters. The van der Waals surface area contributed by atoms with Crippen molar-refractivity contribution in [3.63, 3.8) is 0 Å². The molecule has 4 heterocycles. The van der Waals surface area contributed by atoms with Gasteiger partial charge in [-0.2, -0.15) is 0 Å². The topological polar surface area (TPSA) is 68.0 Å². The number of benzene rings is 1. The number of amides is 1. The number of piperidine rings is 1. The summed E-state index contributed by atoms with van der Waals surface area (Å²) in [7, 11) is 0. The molecule has 3 fully saturated rings. The smallest absolute Gasteiger partial charge is 0.254 e. The van der Waals surface area contributed by atoms with Crippen molar-refractivity contribution in [2.75, 3.05) is 38.6 Å². The number of morpholine rings is 1. The lowest BCUT2D eigenvalue weighted by Crippen LogP contribution is -2.50. The Morgan fingerprint density at radius 1 is 1.20 bits per heavy atom. The summed E-state index contributed by atoms with van der Waals surface area (Å²) in [6.45, 7) is 4.25. The van der Waals surface area contributed by atoms with E-state index in [2.05, 4.69) is 4.90 Å². The summed E-state index contributed by atoms with van der Waals surface area (Å²) in [6, 6.07) is 4.87. The average Bonchev–Trinajstić information content (AvgIpc) is 3.38. The second-order valence-electron chi connectivity index (χ2n) is 7.67. The minimum absolute atomic E-state index is 0.131.